The Hall–Kier alpha value is -6.04. The van der Waals surface area contributed by atoms with Gasteiger partial charge in [0.25, 0.3) is 0 Å². The Labute approximate surface area is 288 Å². The first-order valence-corrected chi connectivity index (χ1v) is 17.2. The molecule has 1 aliphatic carbocycles. The molecule has 1 spiro atoms. The Balaban J connectivity index is 1.14. The molecule has 0 atom stereocenters. The number of furan rings is 1. The molecule has 6 aromatic carbocycles. The molecule has 49 heavy (non-hydrogen) atoms. The molecule has 0 N–H and O–H groups in total. The maximum Gasteiger partial charge on any atom is 0.199 e. The lowest BCUT2D eigenvalue weighted by Gasteiger charge is -2.39. The van der Waals surface area contributed by atoms with Crippen LogP contribution in [0, 0.1) is 0 Å². The van der Waals surface area contributed by atoms with E-state index in [4.69, 9.17) is 19.4 Å². The lowest BCUT2D eigenvalue weighted by Crippen LogP contribution is -2.32. The van der Waals surface area contributed by atoms with Gasteiger partial charge in [0.2, 0.25) is 0 Å². The number of hydrogen-bond acceptors (Lipinski definition) is 5. The van der Waals surface area contributed by atoms with Crippen LogP contribution < -0.4 is 0 Å². The van der Waals surface area contributed by atoms with Crippen molar-refractivity contribution in [2.75, 3.05) is 0 Å². The van der Waals surface area contributed by atoms with Crippen molar-refractivity contribution in [2.24, 2.45) is 0 Å². The number of benzene rings is 6. The minimum atomic E-state index is -0.445. The largest absolute Gasteiger partial charge is 0.453 e. The third-order valence-electron chi connectivity index (χ3n) is 9.66. The fraction of sp³-hybridized carbons (Fsp3) is 0.0227. The van der Waals surface area contributed by atoms with Gasteiger partial charge in [0.05, 0.1) is 5.41 Å². The first-order chi connectivity index (χ1) is 24.3. The summed E-state index contributed by atoms with van der Waals surface area (Å²) in [5, 5.41) is 0. The highest BCUT2D eigenvalue weighted by atomic mass is 32.2. The van der Waals surface area contributed by atoms with E-state index in [0.717, 1.165) is 22.5 Å². The lowest BCUT2D eigenvalue weighted by atomic mass is 9.67. The van der Waals surface area contributed by atoms with E-state index in [1.54, 1.807) is 0 Å². The first-order valence-electron chi connectivity index (χ1n) is 16.4. The lowest BCUT2D eigenvalue weighted by molar-refractivity contribution is 0.591. The molecule has 2 aliphatic rings. The summed E-state index contributed by atoms with van der Waals surface area (Å²) in [6.07, 6.45) is 0. The average molecular weight is 646 g/mol. The molecule has 2 aromatic heterocycles. The second kappa shape index (κ2) is 11.0. The average Bonchev–Trinajstić information content (AvgIpc) is 3.79. The molecule has 4 nitrogen and oxygen atoms in total. The summed E-state index contributed by atoms with van der Waals surface area (Å²) in [6.45, 7) is 0. The van der Waals surface area contributed by atoms with Crippen molar-refractivity contribution in [3.05, 3.63) is 186 Å². The number of rotatable bonds is 4. The molecule has 5 heteroatoms. The fourth-order valence-electron chi connectivity index (χ4n) is 7.54. The predicted molar refractivity (Wildman–Crippen MR) is 195 cm³/mol. The predicted octanol–water partition coefficient (Wildman–Crippen LogP) is 11.0. The number of hydrogen-bond donors (Lipinski definition) is 0. The molecule has 0 saturated carbocycles. The minimum absolute atomic E-state index is 0.445. The topological polar surface area (TPSA) is 51.8 Å². The molecular formula is C44H27N3OS. The van der Waals surface area contributed by atoms with Gasteiger partial charge in [0, 0.05) is 26.5 Å². The summed E-state index contributed by atoms with van der Waals surface area (Å²) in [4.78, 5) is 17.2. The second-order valence-corrected chi connectivity index (χ2v) is 13.4. The smallest absolute Gasteiger partial charge is 0.199 e. The summed E-state index contributed by atoms with van der Waals surface area (Å²) < 4.78 is 6.63. The minimum Gasteiger partial charge on any atom is -0.453 e. The fourth-order valence-corrected chi connectivity index (χ4v) is 8.71. The number of nitrogens with zero attached hydrogens (tertiary/aromatic N) is 3. The van der Waals surface area contributed by atoms with Gasteiger partial charge >= 0.3 is 0 Å². The van der Waals surface area contributed by atoms with Gasteiger partial charge in [-0.2, -0.15) is 0 Å². The highest BCUT2D eigenvalue weighted by molar-refractivity contribution is 7.99. The van der Waals surface area contributed by atoms with Crippen LogP contribution in [0.25, 0.3) is 56.8 Å². The van der Waals surface area contributed by atoms with Crippen LogP contribution >= 0.6 is 11.8 Å². The molecule has 0 radical (unpaired) electrons. The molecule has 230 valence electrons. The molecule has 0 bridgehead atoms. The van der Waals surface area contributed by atoms with Gasteiger partial charge < -0.3 is 4.42 Å². The van der Waals surface area contributed by atoms with Gasteiger partial charge in [-0.3, -0.25) is 0 Å². The maximum atomic E-state index is 6.63. The number of aromatic nitrogens is 3. The van der Waals surface area contributed by atoms with Crippen molar-refractivity contribution >= 4 is 11.8 Å². The van der Waals surface area contributed by atoms with Crippen LogP contribution in [0.15, 0.2) is 178 Å². The summed E-state index contributed by atoms with van der Waals surface area (Å²) in [5.41, 5.74) is 10.2. The highest BCUT2D eigenvalue weighted by Gasteiger charge is 2.50. The summed E-state index contributed by atoms with van der Waals surface area (Å²) in [6, 6.07) is 57.4. The number of fused-ring (bicyclic) bond motifs is 9. The Morgan fingerprint density at radius 3 is 1.55 bits per heavy atom. The van der Waals surface area contributed by atoms with Crippen molar-refractivity contribution in [3.8, 4) is 56.8 Å². The van der Waals surface area contributed by atoms with Crippen LogP contribution in [-0.2, 0) is 5.41 Å². The van der Waals surface area contributed by atoms with Crippen molar-refractivity contribution in [2.45, 2.75) is 15.2 Å². The van der Waals surface area contributed by atoms with Gasteiger partial charge in [-0.05, 0) is 63.7 Å². The molecule has 0 unspecified atom stereocenters. The molecule has 0 fully saturated rings. The van der Waals surface area contributed by atoms with Crippen LogP contribution in [0.5, 0.6) is 0 Å². The SMILES string of the molecule is c1ccc(-c2nc(-c3ccccc3)nc(-c3ccc(-c4ccc5c(c4)C4(c6ccccc6S5)c5ccccc5-c5ccccc54)o3)n2)cc1. The van der Waals surface area contributed by atoms with Gasteiger partial charge in [-0.15, -0.1) is 0 Å². The third-order valence-corrected chi connectivity index (χ3v) is 10.8. The molecule has 8 aromatic rings. The van der Waals surface area contributed by atoms with E-state index < -0.39 is 5.41 Å². The Bertz CT molecular complexity index is 2440. The quantitative estimate of drug-likeness (QED) is 0.191. The van der Waals surface area contributed by atoms with Gasteiger partial charge in [-0.25, -0.2) is 15.0 Å². The van der Waals surface area contributed by atoms with Gasteiger partial charge in [-0.1, -0.05) is 145 Å². The van der Waals surface area contributed by atoms with E-state index in [0.29, 0.717) is 23.2 Å². The first kappa shape index (κ1) is 28.0. The van der Waals surface area contributed by atoms with Crippen LogP contribution in [0.4, 0.5) is 0 Å². The molecule has 3 heterocycles. The molecule has 1 aliphatic heterocycles. The zero-order valence-corrected chi connectivity index (χ0v) is 27.1. The highest BCUT2D eigenvalue weighted by Crippen LogP contribution is 2.62. The van der Waals surface area contributed by atoms with Crippen LogP contribution in [0.3, 0.4) is 0 Å². The van der Waals surface area contributed by atoms with Crippen molar-refractivity contribution in [1.82, 2.24) is 15.0 Å². The molecule has 0 saturated heterocycles. The van der Waals surface area contributed by atoms with Gasteiger partial charge in [0.1, 0.15) is 5.76 Å². The monoisotopic (exact) mass is 645 g/mol. The van der Waals surface area contributed by atoms with Crippen molar-refractivity contribution in [1.29, 1.82) is 0 Å². The maximum absolute atomic E-state index is 6.63. The van der Waals surface area contributed by atoms with E-state index in [1.807, 2.05) is 84.6 Å². The van der Waals surface area contributed by atoms with E-state index in [1.165, 1.54) is 43.2 Å². The van der Waals surface area contributed by atoms with E-state index in [2.05, 4.69) is 91.0 Å². The van der Waals surface area contributed by atoms with E-state index in [-0.39, 0.29) is 0 Å². The summed E-state index contributed by atoms with van der Waals surface area (Å²) in [5.74, 6) is 3.06. The zero-order valence-electron chi connectivity index (χ0n) is 26.2. The standard InChI is InChI=1S/C44H27N3OS/c1-3-13-28(14-4-1)41-45-42(29-15-5-2-6-16-29)47-43(46-41)38-25-24-37(48-38)30-23-26-40-36(27-30)44(35-21-11-12-22-39(35)49-40)33-19-9-7-17-31(33)32-18-8-10-20-34(32)44/h1-27H. The third kappa shape index (κ3) is 4.29. The Kier molecular flexibility index (Phi) is 6.30. The summed E-state index contributed by atoms with van der Waals surface area (Å²) >= 11 is 1.84. The van der Waals surface area contributed by atoms with Crippen LogP contribution in [-0.4, -0.2) is 15.0 Å². The van der Waals surface area contributed by atoms with Crippen molar-refractivity contribution < 1.29 is 4.42 Å². The molecule has 10 rings (SSSR count). The van der Waals surface area contributed by atoms with Crippen molar-refractivity contribution in [3.63, 3.8) is 0 Å². The summed E-state index contributed by atoms with van der Waals surface area (Å²) in [7, 11) is 0. The van der Waals surface area contributed by atoms with Gasteiger partial charge in [0.15, 0.2) is 23.2 Å². The molecule has 0 amide bonds. The normalized spacial score (nSPS) is 13.4. The van der Waals surface area contributed by atoms with E-state index in [9.17, 15) is 0 Å². The van der Waals surface area contributed by atoms with Crippen LogP contribution in [0.2, 0.25) is 0 Å². The zero-order chi connectivity index (χ0) is 32.4. The Morgan fingerprint density at radius 2 is 0.898 bits per heavy atom. The second-order valence-electron chi connectivity index (χ2n) is 12.4. The van der Waals surface area contributed by atoms with E-state index >= 15 is 0 Å². The van der Waals surface area contributed by atoms with Crippen LogP contribution in [0.1, 0.15) is 22.3 Å². The molecular weight excluding hydrogens is 619 g/mol. The Morgan fingerprint density at radius 1 is 0.388 bits per heavy atom.